The third-order valence-electron chi connectivity index (χ3n) is 2.85. The molecule has 0 heterocycles. The number of anilines is 1. The number of nitrogens with zero attached hydrogens (tertiary/aromatic N) is 2. The van der Waals surface area contributed by atoms with Crippen molar-refractivity contribution in [1.82, 2.24) is 0 Å². The van der Waals surface area contributed by atoms with E-state index in [1.807, 2.05) is 18.2 Å². The molecule has 0 radical (unpaired) electrons. The molecule has 106 valence electrons. The van der Waals surface area contributed by atoms with Crippen LogP contribution in [0.15, 0.2) is 27.8 Å². The summed E-state index contributed by atoms with van der Waals surface area (Å²) in [7, 11) is 0. The number of oxime groups is 1. The lowest BCUT2D eigenvalue weighted by Gasteiger charge is -2.31. The smallest absolute Gasteiger partial charge is 0.171 e. The average molecular weight is 328 g/mol. The normalized spacial score (nSPS) is 12.3. The molecule has 5 heteroatoms. The highest BCUT2D eigenvalue weighted by Gasteiger charge is 2.14. The first-order valence-corrected chi connectivity index (χ1v) is 7.20. The Morgan fingerprint density at radius 2 is 2.00 bits per heavy atom. The van der Waals surface area contributed by atoms with Crippen LogP contribution in [0.5, 0.6) is 0 Å². The second-order valence-corrected chi connectivity index (χ2v) is 6.14. The molecule has 0 unspecified atom stereocenters. The van der Waals surface area contributed by atoms with Gasteiger partial charge in [-0.2, -0.15) is 0 Å². The van der Waals surface area contributed by atoms with E-state index in [0.29, 0.717) is 17.5 Å². The fourth-order valence-electron chi connectivity index (χ4n) is 1.95. The van der Waals surface area contributed by atoms with Crippen molar-refractivity contribution in [3.05, 3.63) is 28.2 Å². The third kappa shape index (κ3) is 4.13. The van der Waals surface area contributed by atoms with Gasteiger partial charge in [-0.05, 0) is 53.9 Å². The number of rotatable bonds is 5. The minimum atomic E-state index is 0.110. The highest BCUT2D eigenvalue weighted by Crippen LogP contribution is 2.26. The molecule has 0 aliphatic heterocycles. The van der Waals surface area contributed by atoms with E-state index in [0.717, 1.165) is 16.7 Å². The first kappa shape index (κ1) is 15.8. The molecule has 0 aliphatic carbocycles. The highest BCUT2D eigenvalue weighted by molar-refractivity contribution is 9.10. The second kappa shape index (κ2) is 6.80. The van der Waals surface area contributed by atoms with E-state index in [4.69, 9.17) is 10.9 Å². The van der Waals surface area contributed by atoms with Crippen LogP contribution in [0.25, 0.3) is 0 Å². The summed E-state index contributed by atoms with van der Waals surface area (Å²) in [5.74, 6) is 0.698. The minimum absolute atomic E-state index is 0.110. The molecule has 0 aromatic heterocycles. The summed E-state index contributed by atoms with van der Waals surface area (Å²) in [6, 6.07) is 6.30. The Balaban J connectivity index is 3.10. The second-order valence-electron chi connectivity index (χ2n) is 5.29. The van der Waals surface area contributed by atoms with E-state index in [1.54, 1.807) is 0 Å². The highest BCUT2D eigenvalue weighted by atomic mass is 79.9. The molecule has 0 amide bonds. The fourth-order valence-corrected chi connectivity index (χ4v) is 2.52. The van der Waals surface area contributed by atoms with Crippen LogP contribution >= 0.6 is 15.9 Å². The molecule has 19 heavy (non-hydrogen) atoms. The van der Waals surface area contributed by atoms with Crippen LogP contribution < -0.4 is 10.6 Å². The number of hydrogen-bond acceptors (Lipinski definition) is 3. The minimum Gasteiger partial charge on any atom is -0.409 e. The summed E-state index contributed by atoms with van der Waals surface area (Å²) in [5, 5.41) is 11.8. The third-order valence-corrected chi connectivity index (χ3v) is 3.51. The van der Waals surface area contributed by atoms with Crippen LogP contribution in [-0.2, 0) is 0 Å². The summed E-state index contributed by atoms with van der Waals surface area (Å²) in [6.07, 6.45) is 0. The topological polar surface area (TPSA) is 61.8 Å². The van der Waals surface area contributed by atoms with Crippen molar-refractivity contribution in [2.24, 2.45) is 16.8 Å². The fraction of sp³-hybridized carbons (Fsp3) is 0.500. The Labute approximate surface area is 123 Å². The molecule has 3 N–H and O–H groups in total. The molecule has 0 saturated heterocycles. The van der Waals surface area contributed by atoms with Crippen LogP contribution in [0, 0.1) is 5.92 Å². The molecule has 1 aromatic carbocycles. The van der Waals surface area contributed by atoms with Crippen molar-refractivity contribution < 1.29 is 5.21 Å². The van der Waals surface area contributed by atoms with Gasteiger partial charge in [0.1, 0.15) is 0 Å². The van der Waals surface area contributed by atoms with Gasteiger partial charge >= 0.3 is 0 Å². The molecule has 0 aliphatic rings. The first-order valence-electron chi connectivity index (χ1n) is 6.40. The predicted molar refractivity (Wildman–Crippen MR) is 84.0 cm³/mol. The van der Waals surface area contributed by atoms with Gasteiger partial charge in [-0.1, -0.05) is 19.0 Å². The Morgan fingerprint density at radius 3 is 2.42 bits per heavy atom. The molecule has 0 saturated carbocycles. The Bertz CT molecular complexity index is 458. The molecule has 1 aromatic rings. The lowest BCUT2D eigenvalue weighted by Crippen LogP contribution is -2.34. The predicted octanol–water partition coefficient (Wildman–Crippen LogP) is 3.41. The van der Waals surface area contributed by atoms with Gasteiger partial charge in [0, 0.05) is 28.3 Å². The van der Waals surface area contributed by atoms with Crippen LogP contribution in [0.2, 0.25) is 0 Å². The maximum absolute atomic E-state index is 8.73. The van der Waals surface area contributed by atoms with Crippen molar-refractivity contribution in [2.45, 2.75) is 33.7 Å². The lowest BCUT2D eigenvalue weighted by molar-refractivity contribution is 0.318. The molecular weight excluding hydrogens is 306 g/mol. The summed E-state index contributed by atoms with van der Waals surface area (Å²) < 4.78 is 0.828. The summed E-state index contributed by atoms with van der Waals surface area (Å²) in [4.78, 5) is 2.34. The van der Waals surface area contributed by atoms with Gasteiger partial charge in [-0.25, -0.2) is 0 Å². The quantitative estimate of drug-likeness (QED) is 0.377. The number of halogens is 1. The number of hydrogen-bond donors (Lipinski definition) is 2. The van der Waals surface area contributed by atoms with Crippen LogP contribution in [0.4, 0.5) is 5.69 Å². The molecule has 1 rings (SSSR count). The van der Waals surface area contributed by atoms with E-state index in [2.05, 4.69) is 53.7 Å². The van der Waals surface area contributed by atoms with Gasteiger partial charge < -0.3 is 15.8 Å². The van der Waals surface area contributed by atoms with Crippen LogP contribution in [0.3, 0.4) is 0 Å². The zero-order valence-corrected chi connectivity index (χ0v) is 13.5. The van der Waals surface area contributed by atoms with Gasteiger partial charge in [0.25, 0.3) is 0 Å². The molecular formula is C14H22BrN3O. The number of benzene rings is 1. The van der Waals surface area contributed by atoms with E-state index >= 15 is 0 Å². The standard InChI is InChI=1S/C14H22BrN3O/c1-9(2)8-18(10(3)4)11-5-6-12(13(15)7-11)14(16)17-19/h5-7,9-10,19H,8H2,1-4H3,(H2,16,17). The van der Waals surface area contributed by atoms with E-state index < -0.39 is 0 Å². The maximum atomic E-state index is 8.73. The van der Waals surface area contributed by atoms with Gasteiger partial charge in [0.2, 0.25) is 0 Å². The molecule has 0 atom stereocenters. The molecule has 4 nitrogen and oxygen atoms in total. The van der Waals surface area contributed by atoms with Crippen molar-refractivity contribution in [3.63, 3.8) is 0 Å². The maximum Gasteiger partial charge on any atom is 0.171 e. The van der Waals surface area contributed by atoms with E-state index in [-0.39, 0.29) is 5.84 Å². The summed E-state index contributed by atoms with van der Waals surface area (Å²) in [6.45, 7) is 9.75. The van der Waals surface area contributed by atoms with Gasteiger partial charge in [0.05, 0.1) is 0 Å². The monoisotopic (exact) mass is 327 g/mol. The zero-order valence-electron chi connectivity index (χ0n) is 11.9. The van der Waals surface area contributed by atoms with Crippen molar-refractivity contribution in [1.29, 1.82) is 0 Å². The zero-order chi connectivity index (χ0) is 14.6. The van der Waals surface area contributed by atoms with Crippen LogP contribution in [0.1, 0.15) is 33.3 Å². The number of amidine groups is 1. The Kier molecular flexibility index (Phi) is 5.66. The Hall–Kier alpha value is -1.23. The van der Waals surface area contributed by atoms with Gasteiger partial charge in [0.15, 0.2) is 5.84 Å². The molecule has 0 spiro atoms. The largest absolute Gasteiger partial charge is 0.409 e. The first-order chi connectivity index (χ1) is 8.86. The van der Waals surface area contributed by atoms with Gasteiger partial charge in [-0.15, -0.1) is 0 Å². The van der Waals surface area contributed by atoms with E-state index in [1.165, 1.54) is 0 Å². The molecule has 0 fully saturated rings. The average Bonchev–Trinajstić information content (AvgIpc) is 2.34. The van der Waals surface area contributed by atoms with Crippen molar-refractivity contribution in [2.75, 3.05) is 11.4 Å². The lowest BCUT2D eigenvalue weighted by atomic mass is 10.1. The van der Waals surface area contributed by atoms with Gasteiger partial charge in [-0.3, -0.25) is 0 Å². The van der Waals surface area contributed by atoms with Crippen molar-refractivity contribution >= 4 is 27.5 Å². The summed E-state index contributed by atoms with van der Waals surface area (Å²) >= 11 is 3.47. The SMILES string of the molecule is CC(C)CN(c1ccc(/C(N)=N/O)c(Br)c1)C(C)C. The Morgan fingerprint density at radius 1 is 1.37 bits per heavy atom. The van der Waals surface area contributed by atoms with Crippen molar-refractivity contribution in [3.8, 4) is 0 Å². The summed E-state index contributed by atoms with van der Waals surface area (Å²) in [5.41, 5.74) is 7.44. The van der Waals surface area contributed by atoms with E-state index in [9.17, 15) is 0 Å². The number of nitrogens with two attached hydrogens (primary N) is 1. The molecule has 0 bridgehead atoms. The van der Waals surface area contributed by atoms with Crippen LogP contribution in [-0.4, -0.2) is 23.6 Å².